The number of benzene rings is 1. The molecular weight excluding hydrogens is 399 g/mol. The Morgan fingerprint density at radius 3 is 2.31 bits per heavy atom. The molecule has 29 heavy (non-hydrogen) atoms. The Bertz CT molecular complexity index is 818. The first-order valence-corrected chi connectivity index (χ1v) is 11.7. The second kappa shape index (κ2) is 8.67. The highest BCUT2D eigenvalue weighted by atomic mass is 32.2. The van der Waals surface area contributed by atoms with Gasteiger partial charge in [-0.05, 0) is 49.9 Å². The van der Waals surface area contributed by atoms with Crippen LogP contribution >= 0.6 is 0 Å². The molecule has 3 aliphatic rings. The molecule has 0 aromatic heterocycles. The molecule has 7 nitrogen and oxygen atoms in total. The first-order chi connectivity index (χ1) is 13.9. The van der Waals surface area contributed by atoms with Gasteiger partial charge in [-0.25, -0.2) is 12.8 Å². The van der Waals surface area contributed by atoms with Crippen LogP contribution in [0.3, 0.4) is 0 Å². The van der Waals surface area contributed by atoms with E-state index in [0.717, 1.165) is 25.0 Å². The van der Waals surface area contributed by atoms with Crippen molar-refractivity contribution in [2.24, 2.45) is 11.8 Å². The third-order valence-corrected chi connectivity index (χ3v) is 7.95. The molecule has 1 atom stereocenters. The molecule has 0 spiro atoms. The van der Waals surface area contributed by atoms with Crippen LogP contribution in [-0.4, -0.2) is 69.2 Å². The van der Waals surface area contributed by atoms with Crippen molar-refractivity contribution >= 4 is 15.9 Å². The van der Waals surface area contributed by atoms with Gasteiger partial charge in [-0.3, -0.25) is 4.79 Å². The highest BCUT2D eigenvalue weighted by molar-refractivity contribution is 7.89. The van der Waals surface area contributed by atoms with E-state index in [9.17, 15) is 17.6 Å². The van der Waals surface area contributed by atoms with Crippen molar-refractivity contribution < 1.29 is 27.1 Å². The maximum atomic E-state index is 13.1. The number of nitrogens with zero attached hydrogens (tertiary/aromatic N) is 2. The van der Waals surface area contributed by atoms with Crippen LogP contribution in [0, 0.1) is 17.7 Å². The summed E-state index contributed by atoms with van der Waals surface area (Å²) in [6.45, 7) is 3.10. The van der Waals surface area contributed by atoms with Gasteiger partial charge in [0, 0.05) is 32.1 Å². The number of hydrogen-bond donors (Lipinski definition) is 0. The van der Waals surface area contributed by atoms with Gasteiger partial charge in [0.25, 0.3) is 0 Å². The quantitative estimate of drug-likeness (QED) is 0.734. The number of carbonyl (C=O) groups excluding carboxylic acids is 1. The standard InChI is InChI=1S/C20H27FN2O5S/c21-17-3-5-18(6-4-17)29(25,26)23-9-1-2-16(14-23)19(24)22-10-7-15(8-11-22)20-27-12-13-28-20/h3-6,15-16,20H,1-2,7-14H2. The monoisotopic (exact) mass is 426 g/mol. The van der Waals surface area contributed by atoms with E-state index in [-0.39, 0.29) is 29.6 Å². The summed E-state index contributed by atoms with van der Waals surface area (Å²) in [6, 6.07) is 4.82. The summed E-state index contributed by atoms with van der Waals surface area (Å²) in [5.41, 5.74) is 0. The molecule has 0 bridgehead atoms. The first-order valence-electron chi connectivity index (χ1n) is 10.2. The molecule has 3 aliphatic heterocycles. The smallest absolute Gasteiger partial charge is 0.243 e. The Morgan fingerprint density at radius 2 is 1.66 bits per heavy atom. The molecule has 9 heteroatoms. The maximum absolute atomic E-state index is 13.1. The lowest BCUT2D eigenvalue weighted by molar-refractivity contribution is -0.142. The minimum absolute atomic E-state index is 0.0238. The molecular formula is C20H27FN2O5S. The number of amides is 1. The summed E-state index contributed by atoms with van der Waals surface area (Å²) in [4.78, 5) is 14.9. The zero-order chi connectivity index (χ0) is 20.4. The zero-order valence-corrected chi connectivity index (χ0v) is 17.2. The summed E-state index contributed by atoms with van der Waals surface area (Å²) >= 11 is 0. The lowest BCUT2D eigenvalue weighted by atomic mass is 9.93. The normalized spacial score (nSPS) is 25.4. The molecule has 1 amide bonds. The van der Waals surface area contributed by atoms with Gasteiger partial charge in [-0.1, -0.05) is 0 Å². The molecule has 0 N–H and O–H groups in total. The molecule has 3 saturated heterocycles. The predicted molar refractivity (Wildman–Crippen MR) is 103 cm³/mol. The average Bonchev–Trinajstić information content (AvgIpc) is 3.29. The van der Waals surface area contributed by atoms with Crippen LogP contribution in [0.15, 0.2) is 29.2 Å². The van der Waals surface area contributed by atoms with Crippen LogP contribution in [0.25, 0.3) is 0 Å². The zero-order valence-electron chi connectivity index (χ0n) is 16.3. The predicted octanol–water partition coefficient (Wildman–Crippen LogP) is 1.84. The lowest BCUT2D eigenvalue weighted by Gasteiger charge is -2.38. The van der Waals surface area contributed by atoms with Crippen molar-refractivity contribution in [3.63, 3.8) is 0 Å². The Labute approximate surface area is 170 Å². The molecule has 1 aromatic carbocycles. The topological polar surface area (TPSA) is 76.2 Å². The van der Waals surface area contributed by atoms with Gasteiger partial charge in [0.2, 0.25) is 15.9 Å². The minimum Gasteiger partial charge on any atom is -0.350 e. The van der Waals surface area contributed by atoms with E-state index in [1.54, 1.807) is 0 Å². The van der Waals surface area contributed by atoms with E-state index in [1.807, 2.05) is 4.90 Å². The highest BCUT2D eigenvalue weighted by Crippen LogP contribution is 2.29. The fourth-order valence-corrected chi connectivity index (χ4v) is 5.94. The number of ether oxygens (including phenoxy) is 2. The summed E-state index contributed by atoms with van der Waals surface area (Å²) in [7, 11) is -3.73. The summed E-state index contributed by atoms with van der Waals surface area (Å²) < 4.78 is 51.4. The summed E-state index contributed by atoms with van der Waals surface area (Å²) in [5, 5.41) is 0. The second-order valence-corrected chi connectivity index (χ2v) is 9.87. The maximum Gasteiger partial charge on any atom is 0.243 e. The van der Waals surface area contributed by atoms with Crippen LogP contribution in [0.4, 0.5) is 4.39 Å². The molecule has 1 aromatic rings. The van der Waals surface area contributed by atoms with Crippen LogP contribution in [-0.2, 0) is 24.3 Å². The van der Waals surface area contributed by atoms with Crippen LogP contribution < -0.4 is 0 Å². The number of carbonyl (C=O) groups is 1. The van der Waals surface area contributed by atoms with Gasteiger partial charge in [-0.15, -0.1) is 0 Å². The van der Waals surface area contributed by atoms with Crippen molar-refractivity contribution in [3.05, 3.63) is 30.1 Å². The molecule has 1 unspecified atom stereocenters. The van der Waals surface area contributed by atoms with Crippen LogP contribution in [0.5, 0.6) is 0 Å². The second-order valence-electron chi connectivity index (χ2n) is 7.93. The number of sulfonamides is 1. The molecule has 0 aliphatic carbocycles. The molecule has 4 rings (SSSR count). The van der Waals surface area contributed by atoms with Crippen LogP contribution in [0.2, 0.25) is 0 Å². The van der Waals surface area contributed by atoms with Crippen molar-refractivity contribution in [2.45, 2.75) is 36.9 Å². The first kappa shape index (κ1) is 20.7. The van der Waals surface area contributed by atoms with Crippen molar-refractivity contribution in [1.82, 2.24) is 9.21 Å². The van der Waals surface area contributed by atoms with E-state index < -0.39 is 15.8 Å². The van der Waals surface area contributed by atoms with Gasteiger partial charge in [-0.2, -0.15) is 4.31 Å². The third-order valence-electron chi connectivity index (χ3n) is 6.07. The summed E-state index contributed by atoms with van der Waals surface area (Å²) in [6.07, 6.45) is 2.83. The lowest BCUT2D eigenvalue weighted by Crippen LogP contribution is -2.49. The largest absolute Gasteiger partial charge is 0.350 e. The van der Waals surface area contributed by atoms with E-state index in [2.05, 4.69) is 0 Å². The van der Waals surface area contributed by atoms with Crippen LogP contribution in [0.1, 0.15) is 25.7 Å². The molecule has 3 fully saturated rings. The minimum atomic E-state index is -3.73. The third kappa shape index (κ3) is 4.47. The molecule has 3 heterocycles. The van der Waals surface area contributed by atoms with Gasteiger partial charge in [0.1, 0.15) is 5.82 Å². The Morgan fingerprint density at radius 1 is 1.00 bits per heavy atom. The number of halogens is 1. The Hall–Kier alpha value is -1.55. The van der Waals surface area contributed by atoms with E-state index >= 15 is 0 Å². The van der Waals surface area contributed by atoms with Gasteiger partial charge < -0.3 is 14.4 Å². The van der Waals surface area contributed by atoms with Gasteiger partial charge in [0.05, 0.1) is 24.0 Å². The van der Waals surface area contributed by atoms with Crippen molar-refractivity contribution in [1.29, 1.82) is 0 Å². The van der Waals surface area contributed by atoms with Gasteiger partial charge >= 0.3 is 0 Å². The Kier molecular flexibility index (Phi) is 6.19. The number of likely N-dealkylation sites (tertiary alicyclic amines) is 1. The van der Waals surface area contributed by atoms with E-state index in [1.165, 1.54) is 16.4 Å². The van der Waals surface area contributed by atoms with E-state index in [4.69, 9.17) is 9.47 Å². The number of hydrogen-bond acceptors (Lipinski definition) is 5. The van der Waals surface area contributed by atoms with Gasteiger partial charge in [0.15, 0.2) is 6.29 Å². The highest BCUT2D eigenvalue weighted by Gasteiger charge is 2.37. The fourth-order valence-electron chi connectivity index (χ4n) is 4.42. The van der Waals surface area contributed by atoms with Crippen molar-refractivity contribution in [3.8, 4) is 0 Å². The van der Waals surface area contributed by atoms with Crippen molar-refractivity contribution in [2.75, 3.05) is 39.4 Å². The SMILES string of the molecule is O=C(C1CCCN(S(=O)(=O)c2ccc(F)cc2)C1)N1CCC(C2OCCO2)CC1. The Balaban J connectivity index is 1.37. The molecule has 0 saturated carbocycles. The number of rotatable bonds is 4. The molecule has 0 radical (unpaired) electrons. The van der Waals surface area contributed by atoms with E-state index in [0.29, 0.717) is 51.6 Å². The average molecular weight is 427 g/mol. The number of piperidine rings is 2. The summed E-state index contributed by atoms with van der Waals surface area (Å²) in [5.74, 6) is -0.485. The molecule has 160 valence electrons. The fraction of sp³-hybridized carbons (Fsp3) is 0.650.